The van der Waals surface area contributed by atoms with Crippen molar-refractivity contribution in [3.8, 4) is 0 Å². The topological polar surface area (TPSA) is 45.1 Å². The number of benzene rings is 2. The first-order valence-corrected chi connectivity index (χ1v) is 6.87. The third-order valence-electron chi connectivity index (χ3n) is 4.08. The zero-order valence-electron chi connectivity index (χ0n) is 10.8. The quantitative estimate of drug-likeness (QED) is 0.650. The molecule has 4 rings (SSSR count). The van der Waals surface area contributed by atoms with Gasteiger partial charge in [0.05, 0.1) is 0 Å². The monoisotopic (exact) mass is 251 g/mol. The van der Waals surface area contributed by atoms with Crippen molar-refractivity contribution in [1.82, 2.24) is 4.98 Å². The Balaban J connectivity index is 1.91. The predicted molar refractivity (Wildman–Crippen MR) is 81.7 cm³/mol. The van der Waals surface area contributed by atoms with Gasteiger partial charge in [-0.05, 0) is 37.1 Å². The first-order chi connectivity index (χ1) is 9.31. The summed E-state index contributed by atoms with van der Waals surface area (Å²) < 4.78 is 0. The van der Waals surface area contributed by atoms with Gasteiger partial charge in [0.25, 0.3) is 0 Å². The number of hydrogen-bond acceptors (Lipinski definition) is 2. The van der Waals surface area contributed by atoms with Gasteiger partial charge in [-0.2, -0.15) is 0 Å². The second-order valence-corrected chi connectivity index (χ2v) is 5.35. The molecular weight excluding hydrogens is 234 g/mol. The number of nitrogens with two attached hydrogens (primary N) is 1. The van der Waals surface area contributed by atoms with E-state index in [-0.39, 0.29) is 0 Å². The molecule has 3 nitrogen and oxygen atoms in total. The zero-order valence-corrected chi connectivity index (χ0v) is 10.8. The molecule has 96 valence electrons. The number of fused-ring (bicyclic) bond motifs is 3. The standard InChI is InChI=1S/C16H17N3/c17-11-3-5-13-14-6-4-12(19-7-1-2-8-19)10-16(14)18-15(13)9-11/h3-6,9-10,18H,1-2,7-8,17H2. The van der Waals surface area contributed by atoms with E-state index in [1.807, 2.05) is 12.1 Å². The van der Waals surface area contributed by atoms with Crippen molar-refractivity contribution in [3.63, 3.8) is 0 Å². The van der Waals surface area contributed by atoms with E-state index in [9.17, 15) is 0 Å². The maximum absolute atomic E-state index is 5.85. The van der Waals surface area contributed by atoms with Crippen LogP contribution in [0.4, 0.5) is 11.4 Å². The van der Waals surface area contributed by atoms with Crippen LogP contribution < -0.4 is 10.6 Å². The van der Waals surface area contributed by atoms with E-state index in [0.29, 0.717) is 0 Å². The molecule has 3 aromatic rings. The number of nitrogens with one attached hydrogen (secondary N) is 1. The molecule has 2 heterocycles. The van der Waals surface area contributed by atoms with Crippen molar-refractivity contribution in [1.29, 1.82) is 0 Å². The molecule has 0 bridgehead atoms. The number of H-pyrrole nitrogens is 1. The van der Waals surface area contributed by atoms with Crippen molar-refractivity contribution >= 4 is 33.2 Å². The van der Waals surface area contributed by atoms with Crippen LogP contribution in [0.5, 0.6) is 0 Å². The van der Waals surface area contributed by atoms with Crippen LogP contribution >= 0.6 is 0 Å². The Hall–Kier alpha value is -2.16. The highest BCUT2D eigenvalue weighted by Gasteiger charge is 2.13. The summed E-state index contributed by atoms with van der Waals surface area (Å²) in [7, 11) is 0. The summed E-state index contributed by atoms with van der Waals surface area (Å²) in [6.07, 6.45) is 2.61. The van der Waals surface area contributed by atoms with Crippen molar-refractivity contribution in [3.05, 3.63) is 36.4 Å². The Bertz CT molecular complexity index is 751. The van der Waals surface area contributed by atoms with E-state index in [1.54, 1.807) is 0 Å². The molecule has 0 spiro atoms. The molecule has 1 aromatic heterocycles. The van der Waals surface area contributed by atoms with Crippen LogP contribution in [0, 0.1) is 0 Å². The highest BCUT2D eigenvalue weighted by Crippen LogP contribution is 2.30. The van der Waals surface area contributed by atoms with E-state index in [2.05, 4.69) is 34.1 Å². The molecule has 0 radical (unpaired) electrons. The molecule has 0 aliphatic carbocycles. The van der Waals surface area contributed by atoms with Crippen LogP contribution in [-0.4, -0.2) is 18.1 Å². The Kier molecular flexibility index (Phi) is 2.21. The summed E-state index contributed by atoms with van der Waals surface area (Å²) in [6.45, 7) is 2.36. The Morgan fingerprint density at radius 1 is 0.895 bits per heavy atom. The number of rotatable bonds is 1. The number of nitrogen functional groups attached to an aromatic ring is 1. The van der Waals surface area contributed by atoms with Crippen molar-refractivity contribution in [2.45, 2.75) is 12.8 Å². The first kappa shape index (κ1) is 10.7. The molecule has 3 N–H and O–H groups in total. The van der Waals surface area contributed by atoms with Crippen molar-refractivity contribution in [2.75, 3.05) is 23.7 Å². The Labute approximate surface area is 112 Å². The maximum Gasteiger partial charge on any atom is 0.0485 e. The lowest BCUT2D eigenvalue weighted by Crippen LogP contribution is -2.17. The summed E-state index contributed by atoms with van der Waals surface area (Å²) in [5.74, 6) is 0. The van der Waals surface area contributed by atoms with Crippen molar-refractivity contribution in [2.24, 2.45) is 0 Å². The molecular formula is C16H17N3. The zero-order chi connectivity index (χ0) is 12.8. The number of nitrogens with zero attached hydrogens (tertiary/aromatic N) is 1. The third-order valence-corrected chi connectivity index (χ3v) is 4.08. The average Bonchev–Trinajstić information content (AvgIpc) is 3.04. The van der Waals surface area contributed by atoms with E-state index in [1.165, 1.54) is 47.9 Å². The first-order valence-electron chi connectivity index (χ1n) is 6.87. The van der Waals surface area contributed by atoms with E-state index >= 15 is 0 Å². The number of hydrogen-bond donors (Lipinski definition) is 2. The number of aromatic nitrogens is 1. The molecule has 19 heavy (non-hydrogen) atoms. The fourth-order valence-electron chi connectivity index (χ4n) is 3.09. The highest BCUT2D eigenvalue weighted by atomic mass is 15.1. The number of aromatic amines is 1. The molecule has 3 heteroatoms. The summed E-state index contributed by atoms with van der Waals surface area (Å²) in [6, 6.07) is 12.8. The summed E-state index contributed by atoms with van der Waals surface area (Å²) in [5.41, 5.74) is 10.3. The second kappa shape index (κ2) is 3.92. The van der Waals surface area contributed by atoms with Gasteiger partial charge in [0, 0.05) is 46.3 Å². The fraction of sp³-hybridized carbons (Fsp3) is 0.250. The highest BCUT2D eigenvalue weighted by molar-refractivity contribution is 6.08. The molecule has 1 saturated heterocycles. The van der Waals surface area contributed by atoms with Gasteiger partial charge in [0.1, 0.15) is 0 Å². The Morgan fingerprint density at radius 3 is 2.37 bits per heavy atom. The summed E-state index contributed by atoms with van der Waals surface area (Å²) in [4.78, 5) is 5.93. The minimum atomic E-state index is 0.804. The minimum Gasteiger partial charge on any atom is -0.399 e. The van der Waals surface area contributed by atoms with Gasteiger partial charge in [-0.15, -0.1) is 0 Å². The molecule has 0 amide bonds. The molecule has 2 aromatic carbocycles. The molecule has 1 aliphatic heterocycles. The van der Waals surface area contributed by atoms with Gasteiger partial charge in [-0.3, -0.25) is 0 Å². The molecule has 0 unspecified atom stereocenters. The summed E-state index contributed by atoms with van der Waals surface area (Å²) in [5, 5.41) is 2.52. The van der Waals surface area contributed by atoms with E-state index in [4.69, 9.17) is 5.73 Å². The van der Waals surface area contributed by atoms with Crippen LogP contribution in [0.1, 0.15) is 12.8 Å². The average molecular weight is 251 g/mol. The number of anilines is 2. The summed E-state index contributed by atoms with van der Waals surface area (Å²) >= 11 is 0. The van der Waals surface area contributed by atoms with E-state index in [0.717, 1.165) is 11.2 Å². The van der Waals surface area contributed by atoms with E-state index < -0.39 is 0 Å². The van der Waals surface area contributed by atoms with Crippen LogP contribution in [0.15, 0.2) is 36.4 Å². The Morgan fingerprint density at radius 2 is 1.58 bits per heavy atom. The molecule has 0 atom stereocenters. The van der Waals surface area contributed by atoms with Crippen LogP contribution in [0.2, 0.25) is 0 Å². The minimum absolute atomic E-state index is 0.804. The van der Waals surface area contributed by atoms with Gasteiger partial charge in [0.15, 0.2) is 0 Å². The van der Waals surface area contributed by atoms with Gasteiger partial charge in [0.2, 0.25) is 0 Å². The SMILES string of the molecule is Nc1ccc2c(c1)[nH]c1cc(N3CCCC3)ccc12. The maximum atomic E-state index is 5.85. The molecule has 1 aliphatic rings. The van der Waals surface area contributed by atoms with Gasteiger partial charge < -0.3 is 15.6 Å². The lowest BCUT2D eigenvalue weighted by Gasteiger charge is -2.17. The smallest absolute Gasteiger partial charge is 0.0485 e. The van der Waals surface area contributed by atoms with Gasteiger partial charge in [-0.25, -0.2) is 0 Å². The predicted octanol–water partition coefficient (Wildman–Crippen LogP) is 3.50. The van der Waals surface area contributed by atoms with Crippen LogP contribution in [-0.2, 0) is 0 Å². The third kappa shape index (κ3) is 1.65. The van der Waals surface area contributed by atoms with Gasteiger partial charge >= 0.3 is 0 Å². The van der Waals surface area contributed by atoms with Gasteiger partial charge in [-0.1, -0.05) is 12.1 Å². The van der Waals surface area contributed by atoms with Crippen LogP contribution in [0.25, 0.3) is 21.8 Å². The fourth-order valence-corrected chi connectivity index (χ4v) is 3.09. The molecule has 1 fully saturated rings. The largest absolute Gasteiger partial charge is 0.399 e. The normalized spacial score (nSPS) is 15.7. The van der Waals surface area contributed by atoms with Crippen molar-refractivity contribution < 1.29 is 0 Å². The lowest BCUT2D eigenvalue weighted by atomic mass is 10.1. The molecule has 0 saturated carbocycles. The second-order valence-electron chi connectivity index (χ2n) is 5.35. The lowest BCUT2D eigenvalue weighted by molar-refractivity contribution is 0.949. The van der Waals surface area contributed by atoms with Crippen LogP contribution in [0.3, 0.4) is 0 Å².